The van der Waals surface area contributed by atoms with Crippen LogP contribution >= 0.6 is 11.3 Å². The molecule has 1 aliphatic heterocycles. The second-order valence-corrected chi connectivity index (χ2v) is 12.2. The summed E-state index contributed by atoms with van der Waals surface area (Å²) in [6.45, 7) is 8.34. The standard InChI is InChI=1S/C31H43N3O7S/c1-19(2)26(34(5)28(36)14-23-16-40-17-23)15-27(41-21(4)35)30-33-25(18-42-30)29(37)32-24(12-20(3)31(38)39-6)13-22-10-8-7-9-11-22/h7-11,18-20,23-24,26-27H,12-17H2,1-6H3,(H,32,37)/t20-,24+,26?,27+/m0/s1. The van der Waals surface area contributed by atoms with Gasteiger partial charge in [0.2, 0.25) is 5.91 Å². The summed E-state index contributed by atoms with van der Waals surface area (Å²) in [6, 6.07) is 9.17. The Morgan fingerprint density at radius 1 is 1.12 bits per heavy atom. The van der Waals surface area contributed by atoms with Gasteiger partial charge in [-0.25, -0.2) is 4.98 Å². The minimum Gasteiger partial charge on any atom is -0.469 e. The molecule has 42 heavy (non-hydrogen) atoms. The zero-order valence-corrected chi connectivity index (χ0v) is 26.1. The number of nitrogens with zero attached hydrogens (tertiary/aromatic N) is 2. The summed E-state index contributed by atoms with van der Waals surface area (Å²) in [6.07, 6.45) is 0.970. The largest absolute Gasteiger partial charge is 0.469 e. The summed E-state index contributed by atoms with van der Waals surface area (Å²) >= 11 is 1.24. The minimum absolute atomic E-state index is 0.0217. The number of hydrogen-bond donors (Lipinski definition) is 1. The third-order valence-electron chi connectivity index (χ3n) is 7.53. The Kier molecular flexibility index (Phi) is 12.5. The summed E-state index contributed by atoms with van der Waals surface area (Å²) in [5, 5.41) is 5.15. The highest BCUT2D eigenvalue weighted by Gasteiger charge is 2.32. The molecule has 0 bridgehead atoms. The molecule has 1 fully saturated rings. The number of rotatable bonds is 15. The van der Waals surface area contributed by atoms with Gasteiger partial charge in [0.1, 0.15) is 10.7 Å². The quantitative estimate of drug-likeness (QED) is 0.301. The maximum atomic E-state index is 13.3. The van der Waals surface area contributed by atoms with Gasteiger partial charge < -0.3 is 24.4 Å². The third kappa shape index (κ3) is 9.62. The van der Waals surface area contributed by atoms with Crippen LogP contribution in [0.1, 0.15) is 74.1 Å². The van der Waals surface area contributed by atoms with E-state index < -0.39 is 18.0 Å². The van der Waals surface area contributed by atoms with Crippen molar-refractivity contribution < 1.29 is 33.4 Å². The molecule has 3 rings (SSSR count). The molecule has 1 N–H and O–H groups in total. The van der Waals surface area contributed by atoms with Crippen LogP contribution in [0.4, 0.5) is 0 Å². The van der Waals surface area contributed by atoms with E-state index in [0.29, 0.717) is 43.9 Å². The average Bonchev–Trinajstić information content (AvgIpc) is 3.42. The number of methoxy groups -OCH3 is 1. The zero-order valence-electron chi connectivity index (χ0n) is 25.3. The van der Waals surface area contributed by atoms with Crippen molar-refractivity contribution in [2.24, 2.45) is 17.8 Å². The van der Waals surface area contributed by atoms with Gasteiger partial charge >= 0.3 is 11.9 Å². The summed E-state index contributed by atoms with van der Waals surface area (Å²) in [4.78, 5) is 56.8. The highest BCUT2D eigenvalue weighted by Crippen LogP contribution is 2.31. The lowest BCUT2D eigenvalue weighted by molar-refractivity contribution is -0.149. The molecule has 0 saturated carbocycles. The topological polar surface area (TPSA) is 124 Å². The number of benzene rings is 1. The maximum absolute atomic E-state index is 13.3. The van der Waals surface area contributed by atoms with Crippen LogP contribution in [-0.4, -0.2) is 73.1 Å². The zero-order chi connectivity index (χ0) is 30.8. The number of esters is 2. The van der Waals surface area contributed by atoms with Crippen LogP contribution in [0.2, 0.25) is 0 Å². The number of carbonyl (C=O) groups is 4. The molecule has 4 atom stereocenters. The molecule has 11 heteroatoms. The second-order valence-electron chi connectivity index (χ2n) is 11.3. The summed E-state index contributed by atoms with van der Waals surface area (Å²) in [7, 11) is 3.13. The van der Waals surface area contributed by atoms with Crippen molar-refractivity contribution in [1.29, 1.82) is 0 Å². The van der Waals surface area contributed by atoms with Gasteiger partial charge in [0.05, 0.1) is 26.2 Å². The van der Waals surface area contributed by atoms with Crippen LogP contribution in [0.3, 0.4) is 0 Å². The van der Waals surface area contributed by atoms with Gasteiger partial charge in [-0.05, 0) is 24.3 Å². The van der Waals surface area contributed by atoms with E-state index in [1.165, 1.54) is 25.4 Å². The van der Waals surface area contributed by atoms with Crippen LogP contribution < -0.4 is 5.32 Å². The predicted octanol–water partition coefficient (Wildman–Crippen LogP) is 4.20. The Hall–Kier alpha value is -3.31. The molecule has 2 heterocycles. The normalized spacial score (nSPS) is 16.1. The Morgan fingerprint density at radius 2 is 1.81 bits per heavy atom. The van der Waals surface area contributed by atoms with Gasteiger partial charge in [-0.3, -0.25) is 19.2 Å². The first-order valence-electron chi connectivity index (χ1n) is 14.4. The van der Waals surface area contributed by atoms with E-state index in [4.69, 9.17) is 14.2 Å². The number of thiazole rings is 1. The van der Waals surface area contributed by atoms with E-state index >= 15 is 0 Å². The molecule has 1 aromatic heterocycles. The van der Waals surface area contributed by atoms with E-state index in [9.17, 15) is 19.2 Å². The number of ether oxygens (including phenoxy) is 3. The molecule has 10 nitrogen and oxygen atoms in total. The van der Waals surface area contributed by atoms with Crippen LogP contribution in [0.5, 0.6) is 0 Å². The number of hydrogen-bond acceptors (Lipinski definition) is 9. The van der Waals surface area contributed by atoms with E-state index in [1.807, 2.05) is 44.2 Å². The maximum Gasteiger partial charge on any atom is 0.308 e. The molecular formula is C31H43N3O7S. The second kappa shape index (κ2) is 15.8. The first-order chi connectivity index (χ1) is 20.0. The van der Waals surface area contributed by atoms with Gasteiger partial charge in [0, 0.05) is 50.2 Å². The smallest absolute Gasteiger partial charge is 0.308 e. The summed E-state index contributed by atoms with van der Waals surface area (Å²) < 4.78 is 15.8. The van der Waals surface area contributed by atoms with Gasteiger partial charge in [0.25, 0.3) is 5.91 Å². The summed E-state index contributed by atoms with van der Waals surface area (Å²) in [5.74, 6) is -1.25. The molecule has 1 aromatic carbocycles. The van der Waals surface area contributed by atoms with Crippen LogP contribution in [0.15, 0.2) is 35.7 Å². The Bertz CT molecular complexity index is 1200. The number of nitrogens with one attached hydrogen (secondary N) is 1. The molecule has 0 spiro atoms. The first-order valence-corrected chi connectivity index (χ1v) is 15.2. The fraction of sp³-hybridized carbons (Fsp3) is 0.581. The van der Waals surface area contributed by atoms with E-state index in [1.54, 1.807) is 24.3 Å². The van der Waals surface area contributed by atoms with Crippen molar-refractivity contribution in [3.8, 4) is 0 Å². The van der Waals surface area contributed by atoms with Gasteiger partial charge in [-0.1, -0.05) is 51.1 Å². The fourth-order valence-electron chi connectivity index (χ4n) is 5.09. The number of carbonyl (C=O) groups excluding carboxylic acids is 4. The number of amides is 2. The van der Waals surface area contributed by atoms with E-state index in [0.717, 1.165) is 5.56 Å². The molecule has 0 radical (unpaired) electrons. The average molecular weight is 602 g/mol. The third-order valence-corrected chi connectivity index (χ3v) is 8.46. The number of aromatic nitrogens is 1. The molecule has 1 saturated heterocycles. The lowest BCUT2D eigenvalue weighted by atomic mass is 9.95. The van der Waals surface area contributed by atoms with Gasteiger partial charge in [-0.15, -0.1) is 11.3 Å². The molecule has 2 amide bonds. The van der Waals surface area contributed by atoms with Crippen molar-refractivity contribution in [3.05, 3.63) is 52.0 Å². The lowest BCUT2D eigenvalue weighted by Crippen LogP contribution is -2.44. The van der Waals surface area contributed by atoms with E-state index in [2.05, 4.69) is 10.3 Å². The Balaban J connectivity index is 1.75. The van der Waals surface area contributed by atoms with Gasteiger partial charge in [0.15, 0.2) is 6.10 Å². The first kappa shape index (κ1) is 33.2. The Morgan fingerprint density at radius 3 is 2.38 bits per heavy atom. The van der Waals surface area contributed by atoms with Crippen LogP contribution in [-0.2, 0) is 35.0 Å². The van der Waals surface area contributed by atoms with Gasteiger partial charge in [-0.2, -0.15) is 0 Å². The highest BCUT2D eigenvalue weighted by atomic mass is 32.1. The molecule has 2 aromatic rings. The molecule has 1 unspecified atom stereocenters. The SMILES string of the molecule is COC(=O)[C@@H](C)C[C@H](Cc1ccccc1)NC(=O)c1csc([C@@H](CC(C(C)C)N(C)C(=O)CC2COC2)OC(C)=O)n1. The predicted molar refractivity (Wildman–Crippen MR) is 159 cm³/mol. The molecule has 1 aliphatic rings. The van der Waals surface area contributed by atoms with Crippen molar-refractivity contribution in [2.75, 3.05) is 27.4 Å². The Labute approximate surface area is 252 Å². The summed E-state index contributed by atoms with van der Waals surface area (Å²) in [5.41, 5.74) is 1.23. The monoisotopic (exact) mass is 601 g/mol. The fourth-order valence-corrected chi connectivity index (χ4v) is 5.93. The lowest BCUT2D eigenvalue weighted by Gasteiger charge is -2.35. The van der Waals surface area contributed by atoms with Crippen LogP contribution in [0, 0.1) is 17.8 Å². The van der Waals surface area contributed by atoms with Crippen LogP contribution in [0.25, 0.3) is 0 Å². The highest BCUT2D eigenvalue weighted by molar-refractivity contribution is 7.09. The van der Waals surface area contributed by atoms with Crippen molar-refractivity contribution >= 4 is 35.1 Å². The van der Waals surface area contributed by atoms with E-state index in [-0.39, 0.29) is 47.4 Å². The molecule has 230 valence electrons. The van der Waals surface area contributed by atoms with Crippen molar-refractivity contribution in [3.63, 3.8) is 0 Å². The molecule has 0 aliphatic carbocycles. The molecular weight excluding hydrogens is 558 g/mol. The van der Waals surface area contributed by atoms with Crippen molar-refractivity contribution in [2.45, 2.75) is 71.6 Å². The van der Waals surface area contributed by atoms with Crippen molar-refractivity contribution in [1.82, 2.24) is 15.2 Å². The minimum atomic E-state index is -0.719.